The summed E-state index contributed by atoms with van der Waals surface area (Å²) in [5, 5.41) is 0. The van der Waals surface area contributed by atoms with Gasteiger partial charge in [-0.15, -0.1) is 0 Å². The predicted octanol–water partition coefficient (Wildman–Crippen LogP) is 2.64. The van der Waals surface area contributed by atoms with Gasteiger partial charge < -0.3 is 10.6 Å². The molecule has 1 aromatic carbocycles. The lowest BCUT2D eigenvalue weighted by molar-refractivity contribution is 0.0742. The average molecular weight is 273 g/mol. The van der Waals surface area contributed by atoms with Crippen LogP contribution in [0.25, 0.3) is 0 Å². The molecule has 2 rings (SSSR count). The summed E-state index contributed by atoms with van der Waals surface area (Å²) >= 11 is 0. The molecule has 0 bridgehead atoms. The Balaban J connectivity index is 2.22. The zero-order chi connectivity index (χ0) is 14.7. The topological polar surface area (TPSA) is 59.2 Å². The van der Waals surface area contributed by atoms with Gasteiger partial charge in [0.2, 0.25) is 0 Å². The predicted molar refractivity (Wildman–Crippen MR) is 75.6 cm³/mol. The number of nitrogens with zero attached hydrogens (tertiary/aromatic N) is 2. The molecule has 4 nitrogen and oxygen atoms in total. The van der Waals surface area contributed by atoms with E-state index in [0.29, 0.717) is 5.56 Å². The first kappa shape index (κ1) is 14.0. The van der Waals surface area contributed by atoms with Gasteiger partial charge in [-0.3, -0.25) is 9.78 Å². The van der Waals surface area contributed by atoms with Crippen molar-refractivity contribution in [1.82, 2.24) is 9.88 Å². The van der Waals surface area contributed by atoms with Crippen molar-refractivity contribution in [1.29, 1.82) is 0 Å². The van der Waals surface area contributed by atoms with Crippen LogP contribution >= 0.6 is 0 Å². The molecule has 1 amide bonds. The smallest absolute Gasteiger partial charge is 0.254 e. The fraction of sp³-hybridized carbons (Fsp3) is 0.200. The molecule has 2 N–H and O–H groups in total. The van der Waals surface area contributed by atoms with E-state index in [0.717, 1.165) is 5.56 Å². The van der Waals surface area contributed by atoms with Crippen LogP contribution in [0.2, 0.25) is 0 Å². The van der Waals surface area contributed by atoms with Gasteiger partial charge >= 0.3 is 0 Å². The number of aromatic nitrogens is 1. The molecule has 0 fully saturated rings. The number of hydrogen-bond acceptors (Lipinski definition) is 3. The Labute approximate surface area is 117 Å². The summed E-state index contributed by atoms with van der Waals surface area (Å²) < 4.78 is 13.1. The van der Waals surface area contributed by atoms with Crippen LogP contribution in [-0.2, 0) is 0 Å². The van der Waals surface area contributed by atoms with Gasteiger partial charge in [-0.05, 0) is 42.8 Å². The third-order valence-corrected chi connectivity index (χ3v) is 3.33. The third kappa shape index (κ3) is 2.77. The highest BCUT2D eigenvalue weighted by atomic mass is 19.1. The number of pyridine rings is 1. The lowest BCUT2D eigenvalue weighted by Crippen LogP contribution is -2.29. The van der Waals surface area contributed by atoms with Crippen molar-refractivity contribution in [3.8, 4) is 0 Å². The Morgan fingerprint density at radius 2 is 1.95 bits per heavy atom. The van der Waals surface area contributed by atoms with Gasteiger partial charge in [0.1, 0.15) is 5.82 Å². The standard InChI is InChI=1S/C15H16FN3O/c1-10(11-5-7-18-8-6-11)19(2)15(20)12-3-4-13(16)14(17)9-12/h3-10H,17H2,1-2H3. The van der Waals surface area contributed by atoms with Crippen molar-refractivity contribution in [2.24, 2.45) is 0 Å². The van der Waals surface area contributed by atoms with Gasteiger partial charge in [-0.2, -0.15) is 0 Å². The van der Waals surface area contributed by atoms with Crippen LogP contribution in [-0.4, -0.2) is 22.8 Å². The van der Waals surface area contributed by atoms with E-state index < -0.39 is 5.82 Å². The number of nitrogens with two attached hydrogens (primary N) is 1. The SMILES string of the molecule is CC(c1ccncc1)N(C)C(=O)c1ccc(F)c(N)c1. The fourth-order valence-corrected chi connectivity index (χ4v) is 1.92. The minimum Gasteiger partial charge on any atom is -0.396 e. The number of rotatable bonds is 3. The zero-order valence-corrected chi connectivity index (χ0v) is 11.4. The molecule has 0 spiro atoms. The van der Waals surface area contributed by atoms with Gasteiger partial charge in [0.25, 0.3) is 5.91 Å². The van der Waals surface area contributed by atoms with E-state index in [4.69, 9.17) is 5.73 Å². The van der Waals surface area contributed by atoms with E-state index in [-0.39, 0.29) is 17.6 Å². The maximum absolute atomic E-state index is 13.1. The molecule has 0 aliphatic carbocycles. The highest BCUT2D eigenvalue weighted by Gasteiger charge is 2.19. The van der Waals surface area contributed by atoms with Crippen LogP contribution in [0.3, 0.4) is 0 Å². The Bertz CT molecular complexity index is 616. The van der Waals surface area contributed by atoms with Crippen LogP contribution in [0.4, 0.5) is 10.1 Å². The minimum atomic E-state index is -0.522. The second-order valence-corrected chi connectivity index (χ2v) is 4.61. The van der Waals surface area contributed by atoms with Crippen LogP contribution in [0.1, 0.15) is 28.9 Å². The number of amides is 1. The molecule has 20 heavy (non-hydrogen) atoms. The summed E-state index contributed by atoms with van der Waals surface area (Å²) in [7, 11) is 1.70. The summed E-state index contributed by atoms with van der Waals surface area (Å²) in [4.78, 5) is 17.9. The first-order valence-corrected chi connectivity index (χ1v) is 6.23. The number of halogens is 1. The van der Waals surface area contributed by atoms with Crippen LogP contribution in [0.15, 0.2) is 42.7 Å². The van der Waals surface area contributed by atoms with Crippen molar-refractivity contribution in [3.05, 3.63) is 59.7 Å². The van der Waals surface area contributed by atoms with E-state index >= 15 is 0 Å². The molecule has 0 saturated heterocycles. The van der Waals surface area contributed by atoms with Gasteiger partial charge in [-0.25, -0.2) is 4.39 Å². The summed E-state index contributed by atoms with van der Waals surface area (Å²) in [6.45, 7) is 1.92. The van der Waals surface area contributed by atoms with E-state index in [1.807, 2.05) is 19.1 Å². The Kier molecular flexibility index (Phi) is 3.98. The molecule has 0 radical (unpaired) electrons. The van der Waals surface area contributed by atoms with Crippen LogP contribution in [0, 0.1) is 5.82 Å². The number of carbonyl (C=O) groups excluding carboxylic acids is 1. The molecular weight excluding hydrogens is 257 g/mol. The van der Waals surface area contributed by atoms with E-state index in [9.17, 15) is 9.18 Å². The summed E-state index contributed by atoms with van der Waals surface area (Å²) in [5.74, 6) is -0.729. The number of nitrogen functional groups attached to an aromatic ring is 1. The molecule has 0 aliphatic heterocycles. The summed E-state index contributed by atoms with van der Waals surface area (Å²) in [6.07, 6.45) is 3.36. The van der Waals surface area contributed by atoms with Crippen molar-refractivity contribution < 1.29 is 9.18 Å². The van der Waals surface area contributed by atoms with Gasteiger partial charge in [-0.1, -0.05) is 0 Å². The fourth-order valence-electron chi connectivity index (χ4n) is 1.92. The van der Waals surface area contributed by atoms with Crippen molar-refractivity contribution in [3.63, 3.8) is 0 Å². The normalized spacial score (nSPS) is 11.9. The largest absolute Gasteiger partial charge is 0.396 e. The first-order valence-electron chi connectivity index (χ1n) is 6.23. The molecule has 5 heteroatoms. The molecule has 1 heterocycles. The number of anilines is 1. The highest BCUT2D eigenvalue weighted by molar-refractivity contribution is 5.95. The molecule has 2 aromatic rings. The maximum atomic E-state index is 13.1. The van der Waals surface area contributed by atoms with E-state index in [2.05, 4.69) is 4.98 Å². The molecular formula is C15H16FN3O. The summed E-state index contributed by atoms with van der Waals surface area (Å²) in [6, 6.07) is 7.59. The third-order valence-electron chi connectivity index (χ3n) is 3.33. The molecule has 104 valence electrons. The summed E-state index contributed by atoms with van der Waals surface area (Å²) in [5.41, 5.74) is 6.81. The molecule has 0 saturated carbocycles. The van der Waals surface area contributed by atoms with Crippen molar-refractivity contribution in [2.75, 3.05) is 12.8 Å². The van der Waals surface area contributed by atoms with Crippen molar-refractivity contribution in [2.45, 2.75) is 13.0 Å². The lowest BCUT2D eigenvalue weighted by Gasteiger charge is -2.25. The van der Waals surface area contributed by atoms with Gasteiger partial charge in [0.15, 0.2) is 0 Å². The van der Waals surface area contributed by atoms with E-state index in [1.165, 1.54) is 18.2 Å². The van der Waals surface area contributed by atoms with Gasteiger partial charge in [0, 0.05) is 25.0 Å². The quantitative estimate of drug-likeness (QED) is 0.874. The Morgan fingerprint density at radius 3 is 2.55 bits per heavy atom. The second kappa shape index (κ2) is 5.69. The first-order chi connectivity index (χ1) is 9.50. The van der Waals surface area contributed by atoms with Gasteiger partial charge in [0.05, 0.1) is 11.7 Å². The monoisotopic (exact) mass is 273 g/mol. The Morgan fingerprint density at radius 1 is 1.30 bits per heavy atom. The maximum Gasteiger partial charge on any atom is 0.254 e. The highest BCUT2D eigenvalue weighted by Crippen LogP contribution is 2.21. The van der Waals surface area contributed by atoms with Crippen molar-refractivity contribution >= 4 is 11.6 Å². The average Bonchev–Trinajstić information content (AvgIpc) is 2.48. The van der Waals surface area contributed by atoms with Crippen LogP contribution < -0.4 is 5.73 Å². The molecule has 0 aliphatic rings. The number of benzene rings is 1. The molecule has 1 aromatic heterocycles. The minimum absolute atomic E-state index is 0.0270. The number of carbonyl (C=O) groups is 1. The van der Waals surface area contributed by atoms with E-state index in [1.54, 1.807) is 24.3 Å². The number of hydrogen-bond donors (Lipinski definition) is 1. The van der Waals surface area contributed by atoms with Crippen LogP contribution in [0.5, 0.6) is 0 Å². The Hall–Kier alpha value is -2.43. The second-order valence-electron chi connectivity index (χ2n) is 4.61. The molecule has 1 atom stereocenters. The zero-order valence-electron chi connectivity index (χ0n) is 11.4. The lowest BCUT2D eigenvalue weighted by atomic mass is 10.1. The molecule has 1 unspecified atom stereocenters.